The Morgan fingerprint density at radius 1 is 1.09 bits per heavy atom. The minimum Gasteiger partial charge on any atom is -0.485 e. The predicted octanol–water partition coefficient (Wildman–Crippen LogP) is 5.24. The first kappa shape index (κ1) is 21.6. The second kappa shape index (κ2) is 10.2. The predicted molar refractivity (Wildman–Crippen MR) is 129 cm³/mol. The van der Waals surface area contributed by atoms with Gasteiger partial charge in [0.1, 0.15) is 12.4 Å². The lowest BCUT2D eigenvalue weighted by atomic mass is 10.1. The third-order valence-electron chi connectivity index (χ3n) is 4.88. The highest BCUT2D eigenvalue weighted by atomic mass is 32.2. The van der Waals surface area contributed by atoms with Crippen LogP contribution in [0.4, 0.5) is 5.69 Å². The van der Waals surface area contributed by atoms with Crippen molar-refractivity contribution in [2.45, 2.75) is 25.2 Å². The molecule has 1 N–H and O–H groups in total. The number of hydrogen-bond acceptors (Lipinski definition) is 5. The number of aromatic nitrogens is 3. The first-order valence-corrected chi connectivity index (χ1v) is 11.3. The molecule has 3 aromatic carbocycles. The van der Waals surface area contributed by atoms with E-state index in [0.29, 0.717) is 17.5 Å². The molecule has 0 unspecified atom stereocenters. The van der Waals surface area contributed by atoms with Crippen LogP contribution in [0.5, 0.6) is 5.75 Å². The number of fused-ring (bicyclic) bond motifs is 1. The molecule has 0 bridgehead atoms. The van der Waals surface area contributed by atoms with Gasteiger partial charge in [0.05, 0.1) is 5.75 Å². The molecule has 1 heterocycles. The summed E-state index contributed by atoms with van der Waals surface area (Å²) in [5.41, 5.74) is 1.92. The zero-order chi connectivity index (χ0) is 22.3. The van der Waals surface area contributed by atoms with E-state index in [9.17, 15) is 4.79 Å². The third-order valence-corrected chi connectivity index (χ3v) is 5.85. The molecule has 0 radical (unpaired) electrons. The van der Waals surface area contributed by atoms with Crippen LogP contribution < -0.4 is 10.1 Å². The molecule has 7 heteroatoms. The highest BCUT2D eigenvalue weighted by Gasteiger charge is 2.15. The number of ether oxygens (including phenoxy) is 1. The summed E-state index contributed by atoms with van der Waals surface area (Å²) >= 11 is 1.34. The molecule has 1 aromatic heterocycles. The van der Waals surface area contributed by atoms with Gasteiger partial charge in [0.25, 0.3) is 0 Å². The lowest BCUT2D eigenvalue weighted by molar-refractivity contribution is -0.113. The van der Waals surface area contributed by atoms with Crippen LogP contribution in [-0.2, 0) is 17.9 Å². The molecular weight excluding hydrogens is 420 g/mol. The summed E-state index contributed by atoms with van der Waals surface area (Å²) in [7, 11) is 0. The second-order valence-corrected chi connectivity index (χ2v) is 8.21. The fraction of sp³-hybridized carbons (Fsp3) is 0.160. The third kappa shape index (κ3) is 5.18. The maximum absolute atomic E-state index is 12.3. The summed E-state index contributed by atoms with van der Waals surface area (Å²) in [6.45, 7) is 6.64. The number of amides is 1. The van der Waals surface area contributed by atoms with Crippen molar-refractivity contribution in [3.8, 4) is 5.75 Å². The van der Waals surface area contributed by atoms with Crippen LogP contribution in [0.25, 0.3) is 10.8 Å². The van der Waals surface area contributed by atoms with Crippen LogP contribution in [0.2, 0.25) is 0 Å². The molecule has 0 saturated carbocycles. The number of nitrogens with one attached hydrogen (secondary N) is 1. The van der Waals surface area contributed by atoms with E-state index in [0.717, 1.165) is 27.8 Å². The van der Waals surface area contributed by atoms with Gasteiger partial charge in [-0.15, -0.1) is 16.8 Å². The summed E-state index contributed by atoms with van der Waals surface area (Å²) in [6.07, 6.45) is 1.78. The molecule has 0 fully saturated rings. The van der Waals surface area contributed by atoms with Crippen molar-refractivity contribution in [1.82, 2.24) is 14.8 Å². The number of nitrogens with zero attached hydrogens (tertiary/aromatic N) is 3. The van der Waals surface area contributed by atoms with Gasteiger partial charge in [-0.05, 0) is 30.5 Å². The van der Waals surface area contributed by atoms with E-state index in [1.54, 1.807) is 6.08 Å². The fourth-order valence-corrected chi connectivity index (χ4v) is 4.04. The van der Waals surface area contributed by atoms with Crippen molar-refractivity contribution >= 4 is 34.1 Å². The molecule has 0 aliphatic carbocycles. The number of anilines is 1. The molecule has 4 aromatic rings. The van der Waals surface area contributed by atoms with E-state index in [1.165, 1.54) is 11.8 Å². The Bertz CT molecular complexity index is 1230. The lowest BCUT2D eigenvalue weighted by Gasteiger charge is -2.11. The molecule has 1 amide bonds. The van der Waals surface area contributed by atoms with Crippen molar-refractivity contribution in [3.05, 3.63) is 90.8 Å². The van der Waals surface area contributed by atoms with E-state index in [1.807, 2.05) is 66.1 Å². The van der Waals surface area contributed by atoms with E-state index in [-0.39, 0.29) is 18.3 Å². The minimum atomic E-state index is -0.0967. The van der Waals surface area contributed by atoms with Gasteiger partial charge in [0.15, 0.2) is 11.0 Å². The average molecular weight is 445 g/mol. The summed E-state index contributed by atoms with van der Waals surface area (Å²) in [5.74, 6) is 1.61. The Hall–Kier alpha value is -3.58. The number of hydrogen-bond donors (Lipinski definition) is 1. The van der Waals surface area contributed by atoms with Gasteiger partial charge in [-0.2, -0.15) is 0 Å². The van der Waals surface area contributed by atoms with Gasteiger partial charge in [-0.1, -0.05) is 71.9 Å². The number of carbonyl (C=O) groups excluding carboxylic acids is 1. The zero-order valence-corrected chi connectivity index (χ0v) is 18.6. The van der Waals surface area contributed by atoms with E-state index in [2.05, 4.69) is 34.2 Å². The van der Waals surface area contributed by atoms with Crippen LogP contribution in [0.15, 0.2) is 84.5 Å². The molecule has 32 heavy (non-hydrogen) atoms. The number of carbonyl (C=O) groups is 1. The van der Waals surface area contributed by atoms with Gasteiger partial charge in [-0.3, -0.25) is 9.36 Å². The van der Waals surface area contributed by atoms with Gasteiger partial charge < -0.3 is 10.1 Å². The van der Waals surface area contributed by atoms with E-state index >= 15 is 0 Å². The molecule has 6 nitrogen and oxygen atoms in total. The van der Waals surface area contributed by atoms with Crippen LogP contribution in [0.1, 0.15) is 11.4 Å². The molecular formula is C25H24N4O2S. The summed E-state index contributed by atoms with van der Waals surface area (Å²) in [5, 5.41) is 14.3. The number of rotatable bonds is 9. The summed E-state index contributed by atoms with van der Waals surface area (Å²) in [4.78, 5) is 12.3. The smallest absolute Gasteiger partial charge is 0.234 e. The molecule has 0 aliphatic heterocycles. The number of allylic oxidation sites excluding steroid dienone is 1. The zero-order valence-electron chi connectivity index (χ0n) is 17.8. The normalized spacial score (nSPS) is 10.8. The highest BCUT2D eigenvalue weighted by molar-refractivity contribution is 7.99. The topological polar surface area (TPSA) is 69.0 Å². The lowest BCUT2D eigenvalue weighted by Crippen LogP contribution is -2.15. The maximum Gasteiger partial charge on any atom is 0.234 e. The Balaban J connectivity index is 1.42. The minimum absolute atomic E-state index is 0.0967. The Morgan fingerprint density at radius 3 is 2.69 bits per heavy atom. The van der Waals surface area contributed by atoms with Crippen LogP contribution in [0.3, 0.4) is 0 Å². The van der Waals surface area contributed by atoms with E-state index in [4.69, 9.17) is 4.74 Å². The van der Waals surface area contributed by atoms with Gasteiger partial charge in [0, 0.05) is 17.6 Å². The molecule has 162 valence electrons. The van der Waals surface area contributed by atoms with Crippen molar-refractivity contribution in [1.29, 1.82) is 0 Å². The van der Waals surface area contributed by atoms with Crippen molar-refractivity contribution in [2.24, 2.45) is 0 Å². The molecule has 0 saturated heterocycles. The first-order chi connectivity index (χ1) is 15.6. The first-order valence-electron chi connectivity index (χ1n) is 10.3. The van der Waals surface area contributed by atoms with Crippen LogP contribution in [0, 0.1) is 6.92 Å². The number of aryl methyl sites for hydroxylation is 1. The quantitative estimate of drug-likeness (QED) is 0.283. The van der Waals surface area contributed by atoms with Crippen molar-refractivity contribution in [3.63, 3.8) is 0 Å². The van der Waals surface area contributed by atoms with Crippen molar-refractivity contribution in [2.75, 3.05) is 11.1 Å². The average Bonchev–Trinajstić information content (AvgIpc) is 3.19. The Kier molecular flexibility index (Phi) is 6.87. The number of benzene rings is 3. The van der Waals surface area contributed by atoms with Gasteiger partial charge >= 0.3 is 0 Å². The fourth-order valence-electron chi connectivity index (χ4n) is 3.27. The molecule has 0 aliphatic rings. The Labute approximate surface area is 191 Å². The molecule has 0 atom stereocenters. The summed E-state index contributed by atoms with van der Waals surface area (Å²) < 4.78 is 7.99. The molecule has 0 spiro atoms. The van der Waals surface area contributed by atoms with Gasteiger partial charge in [0.2, 0.25) is 5.91 Å². The standard InChI is InChI=1S/C25H24N4O2S/c1-3-15-29-23(16-31-22-10-6-8-19-7-4-5-9-21(19)22)27-28-25(29)32-17-24(30)26-20-13-11-18(2)12-14-20/h3-14H,1,15-17H2,2H3,(H,26,30). The highest BCUT2D eigenvalue weighted by Crippen LogP contribution is 2.26. The SMILES string of the molecule is C=CCn1c(COc2cccc3ccccc23)nnc1SCC(=O)Nc1ccc(C)cc1. The monoisotopic (exact) mass is 444 g/mol. The van der Waals surface area contributed by atoms with E-state index < -0.39 is 0 Å². The van der Waals surface area contributed by atoms with Gasteiger partial charge in [-0.25, -0.2) is 0 Å². The van der Waals surface area contributed by atoms with Crippen LogP contribution >= 0.6 is 11.8 Å². The second-order valence-electron chi connectivity index (χ2n) is 7.27. The summed E-state index contributed by atoms with van der Waals surface area (Å²) in [6, 6.07) is 21.8. The van der Waals surface area contributed by atoms with Crippen molar-refractivity contribution < 1.29 is 9.53 Å². The molecule has 4 rings (SSSR count). The largest absolute Gasteiger partial charge is 0.485 e. The Morgan fingerprint density at radius 2 is 1.88 bits per heavy atom. The van der Waals surface area contributed by atoms with Crippen LogP contribution in [-0.4, -0.2) is 26.4 Å². The maximum atomic E-state index is 12.3. The number of thioether (sulfide) groups is 1.